The molecule has 0 saturated heterocycles. The van der Waals surface area contributed by atoms with Crippen LogP contribution in [0.2, 0.25) is 0 Å². The van der Waals surface area contributed by atoms with Crippen molar-refractivity contribution in [3.63, 3.8) is 0 Å². The topological polar surface area (TPSA) is 95.1 Å². The van der Waals surface area contributed by atoms with Gasteiger partial charge >= 0.3 is 5.97 Å². The fourth-order valence-corrected chi connectivity index (χ4v) is 2.15. The maximum Gasteiger partial charge on any atom is 0.306 e. The highest BCUT2D eigenvalue weighted by Crippen LogP contribution is 2.31. The van der Waals surface area contributed by atoms with E-state index in [0.717, 1.165) is 5.69 Å². The van der Waals surface area contributed by atoms with E-state index in [1.165, 1.54) is 0 Å². The molecular formula is C11H15N3O3. The van der Waals surface area contributed by atoms with E-state index in [1.54, 1.807) is 12.5 Å². The van der Waals surface area contributed by atoms with Crippen LogP contribution in [-0.4, -0.2) is 27.0 Å². The van der Waals surface area contributed by atoms with Crippen molar-refractivity contribution in [1.82, 2.24) is 15.3 Å². The van der Waals surface area contributed by atoms with Gasteiger partial charge in [0.15, 0.2) is 0 Å². The molecule has 0 spiro atoms. The molecule has 2 atom stereocenters. The molecule has 2 rings (SSSR count). The summed E-state index contributed by atoms with van der Waals surface area (Å²) in [5, 5.41) is 11.6. The van der Waals surface area contributed by atoms with E-state index in [1.807, 2.05) is 0 Å². The number of hydrogen-bond acceptors (Lipinski definition) is 3. The SMILES string of the molecule is O=C(O)C1CCC(C(=O)NCc2cnc[nH]2)C1. The highest BCUT2D eigenvalue weighted by molar-refractivity contribution is 5.80. The largest absolute Gasteiger partial charge is 0.481 e. The lowest BCUT2D eigenvalue weighted by molar-refractivity contribution is -0.141. The van der Waals surface area contributed by atoms with Gasteiger partial charge in [-0.2, -0.15) is 0 Å². The molecule has 2 unspecified atom stereocenters. The summed E-state index contributed by atoms with van der Waals surface area (Å²) in [6.45, 7) is 0.410. The van der Waals surface area contributed by atoms with Crippen molar-refractivity contribution in [1.29, 1.82) is 0 Å². The number of H-pyrrole nitrogens is 1. The number of carbonyl (C=O) groups excluding carboxylic acids is 1. The first-order valence-corrected chi connectivity index (χ1v) is 5.64. The quantitative estimate of drug-likeness (QED) is 0.711. The van der Waals surface area contributed by atoms with Crippen LogP contribution >= 0.6 is 0 Å². The third-order valence-corrected chi connectivity index (χ3v) is 3.16. The highest BCUT2D eigenvalue weighted by atomic mass is 16.4. The highest BCUT2D eigenvalue weighted by Gasteiger charge is 2.33. The third-order valence-electron chi connectivity index (χ3n) is 3.16. The van der Waals surface area contributed by atoms with Gasteiger partial charge in [0.2, 0.25) is 5.91 Å². The van der Waals surface area contributed by atoms with E-state index >= 15 is 0 Å². The summed E-state index contributed by atoms with van der Waals surface area (Å²) in [7, 11) is 0. The van der Waals surface area contributed by atoms with Crippen molar-refractivity contribution in [2.24, 2.45) is 11.8 Å². The van der Waals surface area contributed by atoms with Crippen LogP contribution in [0.25, 0.3) is 0 Å². The monoisotopic (exact) mass is 237 g/mol. The molecule has 6 nitrogen and oxygen atoms in total. The smallest absolute Gasteiger partial charge is 0.306 e. The Balaban J connectivity index is 1.79. The molecule has 1 amide bonds. The number of carboxylic acids is 1. The molecule has 1 aromatic rings. The first-order chi connectivity index (χ1) is 8.16. The summed E-state index contributed by atoms with van der Waals surface area (Å²) in [6.07, 6.45) is 4.90. The minimum atomic E-state index is -0.797. The van der Waals surface area contributed by atoms with Crippen molar-refractivity contribution in [3.05, 3.63) is 18.2 Å². The molecule has 6 heteroatoms. The Morgan fingerprint density at radius 1 is 1.47 bits per heavy atom. The van der Waals surface area contributed by atoms with E-state index in [2.05, 4.69) is 15.3 Å². The number of carbonyl (C=O) groups is 2. The number of hydrogen-bond donors (Lipinski definition) is 3. The minimum absolute atomic E-state index is 0.0663. The molecule has 92 valence electrons. The van der Waals surface area contributed by atoms with Gasteiger partial charge in [-0.15, -0.1) is 0 Å². The number of carboxylic acid groups (broad SMARTS) is 1. The summed E-state index contributed by atoms with van der Waals surface area (Å²) in [5.41, 5.74) is 0.839. The number of rotatable bonds is 4. The van der Waals surface area contributed by atoms with Crippen LogP contribution in [0.5, 0.6) is 0 Å². The normalized spacial score (nSPS) is 23.5. The van der Waals surface area contributed by atoms with Gasteiger partial charge in [0, 0.05) is 12.1 Å². The van der Waals surface area contributed by atoms with Gasteiger partial charge in [0.05, 0.1) is 24.5 Å². The first kappa shape index (κ1) is 11.6. The van der Waals surface area contributed by atoms with Crippen LogP contribution in [0.4, 0.5) is 0 Å². The molecular weight excluding hydrogens is 222 g/mol. The molecule has 0 radical (unpaired) electrons. The van der Waals surface area contributed by atoms with E-state index in [0.29, 0.717) is 25.8 Å². The van der Waals surface area contributed by atoms with Gasteiger partial charge < -0.3 is 15.4 Å². The van der Waals surface area contributed by atoms with Gasteiger partial charge in [0.25, 0.3) is 0 Å². The molecule has 17 heavy (non-hydrogen) atoms. The lowest BCUT2D eigenvalue weighted by Crippen LogP contribution is -2.29. The first-order valence-electron chi connectivity index (χ1n) is 5.64. The second-order valence-electron chi connectivity index (χ2n) is 4.34. The van der Waals surface area contributed by atoms with E-state index in [9.17, 15) is 9.59 Å². The van der Waals surface area contributed by atoms with Crippen LogP contribution in [0.3, 0.4) is 0 Å². The number of aliphatic carboxylic acids is 1. The minimum Gasteiger partial charge on any atom is -0.481 e. The molecule has 1 fully saturated rings. The zero-order valence-corrected chi connectivity index (χ0v) is 9.35. The summed E-state index contributed by atoms with van der Waals surface area (Å²) in [6, 6.07) is 0. The Labute approximate surface area is 98.4 Å². The maximum atomic E-state index is 11.8. The zero-order valence-electron chi connectivity index (χ0n) is 9.35. The van der Waals surface area contributed by atoms with E-state index < -0.39 is 5.97 Å². The predicted molar refractivity (Wildman–Crippen MR) is 58.9 cm³/mol. The Kier molecular flexibility index (Phi) is 3.41. The van der Waals surface area contributed by atoms with Crippen molar-refractivity contribution >= 4 is 11.9 Å². The fraction of sp³-hybridized carbons (Fsp3) is 0.545. The summed E-state index contributed by atoms with van der Waals surface area (Å²) in [5.74, 6) is -1.39. The van der Waals surface area contributed by atoms with Crippen LogP contribution in [0.1, 0.15) is 25.0 Å². The van der Waals surface area contributed by atoms with Crippen LogP contribution in [-0.2, 0) is 16.1 Å². The molecule has 1 aliphatic carbocycles. The Bertz CT molecular complexity index is 402. The standard InChI is InChI=1S/C11H15N3O3/c15-10(13-5-9-4-12-6-14-9)7-1-2-8(3-7)11(16)17/h4,6-8H,1-3,5H2,(H,12,14)(H,13,15)(H,16,17). The van der Waals surface area contributed by atoms with Gasteiger partial charge in [-0.3, -0.25) is 9.59 Å². The van der Waals surface area contributed by atoms with Crippen molar-refractivity contribution < 1.29 is 14.7 Å². The second kappa shape index (κ2) is 4.99. The molecule has 0 aliphatic heterocycles. The lowest BCUT2D eigenvalue weighted by atomic mass is 10.0. The summed E-state index contributed by atoms with van der Waals surface area (Å²) >= 11 is 0. The molecule has 1 heterocycles. The number of aromatic amines is 1. The van der Waals surface area contributed by atoms with E-state index in [4.69, 9.17) is 5.11 Å². The third kappa shape index (κ3) is 2.83. The Morgan fingerprint density at radius 2 is 2.24 bits per heavy atom. The Morgan fingerprint density at radius 3 is 2.82 bits per heavy atom. The van der Waals surface area contributed by atoms with Gasteiger partial charge in [-0.05, 0) is 19.3 Å². The number of nitrogens with zero attached hydrogens (tertiary/aromatic N) is 1. The second-order valence-corrected chi connectivity index (χ2v) is 4.34. The van der Waals surface area contributed by atoms with Crippen LogP contribution in [0.15, 0.2) is 12.5 Å². The van der Waals surface area contributed by atoms with Crippen molar-refractivity contribution in [2.75, 3.05) is 0 Å². The molecule has 0 aromatic carbocycles. The molecule has 0 bridgehead atoms. The summed E-state index contributed by atoms with van der Waals surface area (Å²) < 4.78 is 0. The summed E-state index contributed by atoms with van der Waals surface area (Å²) in [4.78, 5) is 29.3. The fourth-order valence-electron chi connectivity index (χ4n) is 2.15. The predicted octanol–water partition coefficient (Wildman–Crippen LogP) is 0.527. The van der Waals surface area contributed by atoms with Crippen LogP contribution in [0, 0.1) is 11.8 Å². The number of aromatic nitrogens is 2. The van der Waals surface area contributed by atoms with Crippen molar-refractivity contribution in [3.8, 4) is 0 Å². The molecule has 1 saturated carbocycles. The van der Waals surface area contributed by atoms with Crippen molar-refractivity contribution in [2.45, 2.75) is 25.8 Å². The molecule has 1 aromatic heterocycles. The zero-order chi connectivity index (χ0) is 12.3. The number of amides is 1. The van der Waals surface area contributed by atoms with Gasteiger partial charge in [-0.25, -0.2) is 4.98 Å². The maximum absolute atomic E-state index is 11.8. The van der Waals surface area contributed by atoms with E-state index in [-0.39, 0.29) is 17.7 Å². The molecule has 3 N–H and O–H groups in total. The lowest BCUT2D eigenvalue weighted by Gasteiger charge is -2.09. The molecule has 1 aliphatic rings. The number of imidazole rings is 1. The Hall–Kier alpha value is -1.85. The average molecular weight is 237 g/mol. The van der Waals surface area contributed by atoms with Gasteiger partial charge in [-0.1, -0.05) is 0 Å². The average Bonchev–Trinajstić information content (AvgIpc) is 2.96. The number of nitrogens with one attached hydrogen (secondary N) is 2. The van der Waals surface area contributed by atoms with Crippen LogP contribution < -0.4 is 5.32 Å². The van der Waals surface area contributed by atoms with Gasteiger partial charge in [0.1, 0.15) is 0 Å².